The molecule has 2 heterocycles. The molecule has 3 nitrogen and oxygen atoms in total. The van der Waals surface area contributed by atoms with Crippen LogP contribution in [-0.4, -0.2) is 35.5 Å². The molecule has 1 amide bonds. The van der Waals surface area contributed by atoms with Crippen LogP contribution in [0.15, 0.2) is 24.3 Å². The summed E-state index contributed by atoms with van der Waals surface area (Å²) in [6.07, 6.45) is 13.3. The second-order valence-corrected chi connectivity index (χ2v) is 5.68. The molecule has 2 saturated heterocycles. The quantitative estimate of drug-likeness (QED) is 0.610. The van der Waals surface area contributed by atoms with Crippen LogP contribution >= 0.6 is 0 Å². The zero-order valence-corrected chi connectivity index (χ0v) is 12.1. The van der Waals surface area contributed by atoms with Gasteiger partial charge in [-0.25, -0.2) is 0 Å². The van der Waals surface area contributed by atoms with Crippen molar-refractivity contribution in [1.82, 2.24) is 10.2 Å². The first-order valence-corrected chi connectivity index (χ1v) is 7.60. The Morgan fingerprint density at radius 3 is 2.53 bits per heavy atom. The van der Waals surface area contributed by atoms with Crippen LogP contribution < -0.4 is 5.32 Å². The first-order valence-electron chi connectivity index (χ1n) is 7.60. The van der Waals surface area contributed by atoms with Crippen LogP contribution in [0, 0.1) is 0 Å². The summed E-state index contributed by atoms with van der Waals surface area (Å²) in [6.45, 7) is 4.98. The zero-order chi connectivity index (χ0) is 13.7. The number of amides is 1. The minimum atomic E-state index is 0.172. The molecule has 0 aliphatic carbocycles. The van der Waals surface area contributed by atoms with Crippen molar-refractivity contribution in [3.63, 3.8) is 0 Å². The Kier molecular flexibility index (Phi) is 5.20. The Morgan fingerprint density at radius 1 is 1.26 bits per heavy atom. The maximum Gasteiger partial charge on any atom is 0.246 e. The first kappa shape index (κ1) is 14.3. The van der Waals surface area contributed by atoms with Gasteiger partial charge in [-0.1, -0.05) is 25.2 Å². The van der Waals surface area contributed by atoms with Gasteiger partial charge in [0.2, 0.25) is 5.91 Å². The molecule has 0 aromatic carbocycles. The second kappa shape index (κ2) is 6.90. The maximum atomic E-state index is 12.3. The Bertz CT molecular complexity index is 350. The number of piperidine rings is 1. The van der Waals surface area contributed by atoms with E-state index in [9.17, 15) is 4.79 Å². The van der Waals surface area contributed by atoms with E-state index >= 15 is 0 Å². The van der Waals surface area contributed by atoms with E-state index in [2.05, 4.69) is 17.1 Å². The SMILES string of the molecule is C/C=C/C=C/C(=O)N(CCC)C1CC2CCC(C1)N2. The molecule has 2 aliphatic heterocycles. The maximum absolute atomic E-state index is 12.3. The van der Waals surface area contributed by atoms with Gasteiger partial charge >= 0.3 is 0 Å². The van der Waals surface area contributed by atoms with Gasteiger partial charge in [-0.05, 0) is 39.0 Å². The summed E-state index contributed by atoms with van der Waals surface area (Å²) in [7, 11) is 0. The first-order chi connectivity index (χ1) is 9.24. The standard InChI is InChI=1S/C16H26N2O/c1-3-5-6-7-16(19)18(10-4-2)15-11-13-8-9-14(12-15)17-13/h3,5-7,13-15,17H,4,8-12H2,1-2H3/b5-3+,7-6+. The van der Waals surface area contributed by atoms with Gasteiger partial charge in [0, 0.05) is 30.7 Å². The van der Waals surface area contributed by atoms with Crippen LogP contribution in [0.25, 0.3) is 0 Å². The number of nitrogens with zero attached hydrogens (tertiary/aromatic N) is 1. The van der Waals surface area contributed by atoms with Crippen molar-refractivity contribution >= 4 is 5.91 Å². The van der Waals surface area contributed by atoms with Gasteiger partial charge in [0.1, 0.15) is 0 Å². The predicted octanol–water partition coefficient (Wildman–Crippen LogP) is 2.64. The van der Waals surface area contributed by atoms with E-state index in [1.165, 1.54) is 12.8 Å². The van der Waals surface area contributed by atoms with Gasteiger partial charge in [-0.3, -0.25) is 4.79 Å². The molecule has 2 rings (SSSR count). The van der Waals surface area contributed by atoms with E-state index in [1.54, 1.807) is 6.08 Å². The summed E-state index contributed by atoms with van der Waals surface area (Å²) in [4.78, 5) is 14.4. The van der Waals surface area contributed by atoms with Crippen LogP contribution in [0.4, 0.5) is 0 Å². The Labute approximate surface area is 116 Å². The van der Waals surface area contributed by atoms with Crippen LogP contribution in [-0.2, 0) is 4.79 Å². The van der Waals surface area contributed by atoms with Crippen molar-refractivity contribution in [1.29, 1.82) is 0 Å². The summed E-state index contributed by atoms with van der Waals surface area (Å²) in [6, 6.07) is 1.70. The molecule has 106 valence electrons. The van der Waals surface area contributed by atoms with Crippen molar-refractivity contribution < 1.29 is 4.79 Å². The third-order valence-corrected chi connectivity index (χ3v) is 4.18. The van der Waals surface area contributed by atoms with E-state index in [0.717, 1.165) is 25.8 Å². The lowest BCUT2D eigenvalue weighted by Crippen LogP contribution is -2.50. The van der Waals surface area contributed by atoms with Gasteiger partial charge in [-0.2, -0.15) is 0 Å². The monoisotopic (exact) mass is 262 g/mol. The molecule has 0 radical (unpaired) electrons. The molecule has 1 N–H and O–H groups in total. The van der Waals surface area contributed by atoms with E-state index in [4.69, 9.17) is 0 Å². The molecule has 0 spiro atoms. The van der Waals surface area contributed by atoms with Crippen molar-refractivity contribution in [2.45, 2.75) is 64.1 Å². The minimum Gasteiger partial charge on any atom is -0.336 e. The zero-order valence-electron chi connectivity index (χ0n) is 12.1. The number of allylic oxidation sites excluding steroid dienone is 3. The average Bonchev–Trinajstić information content (AvgIpc) is 2.75. The lowest BCUT2D eigenvalue weighted by atomic mass is 9.97. The molecular formula is C16H26N2O. The summed E-state index contributed by atoms with van der Waals surface area (Å²) in [5.74, 6) is 0.172. The number of rotatable bonds is 5. The molecule has 0 aromatic heterocycles. The van der Waals surface area contributed by atoms with E-state index in [1.807, 2.05) is 25.2 Å². The highest BCUT2D eigenvalue weighted by Crippen LogP contribution is 2.30. The van der Waals surface area contributed by atoms with Crippen LogP contribution in [0.1, 0.15) is 46.0 Å². The van der Waals surface area contributed by atoms with Crippen molar-refractivity contribution in [3.05, 3.63) is 24.3 Å². The van der Waals surface area contributed by atoms with Gasteiger partial charge in [0.25, 0.3) is 0 Å². The molecule has 0 saturated carbocycles. The lowest BCUT2D eigenvalue weighted by molar-refractivity contribution is -0.129. The number of hydrogen-bond donors (Lipinski definition) is 1. The molecule has 19 heavy (non-hydrogen) atoms. The molecule has 2 fully saturated rings. The number of hydrogen-bond acceptors (Lipinski definition) is 2. The van der Waals surface area contributed by atoms with Crippen LogP contribution in [0.2, 0.25) is 0 Å². The third-order valence-electron chi connectivity index (χ3n) is 4.18. The number of carbonyl (C=O) groups is 1. The predicted molar refractivity (Wildman–Crippen MR) is 78.9 cm³/mol. The third kappa shape index (κ3) is 3.69. The van der Waals surface area contributed by atoms with E-state index in [0.29, 0.717) is 18.1 Å². The van der Waals surface area contributed by atoms with Gasteiger partial charge < -0.3 is 10.2 Å². The van der Waals surface area contributed by atoms with Crippen LogP contribution in [0.5, 0.6) is 0 Å². The van der Waals surface area contributed by atoms with Crippen molar-refractivity contribution in [2.75, 3.05) is 6.54 Å². The topological polar surface area (TPSA) is 32.3 Å². The average molecular weight is 262 g/mol. The molecule has 0 aromatic rings. The van der Waals surface area contributed by atoms with Crippen molar-refractivity contribution in [2.24, 2.45) is 0 Å². The Hall–Kier alpha value is -1.09. The largest absolute Gasteiger partial charge is 0.336 e. The number of carbonyl (C=O) groups excluding carboxylic acids is 1. The minimum absolute atomic E-state index is 0.172. The molecule has 3 heteroatoms. The van der Waals surface area contributed by atoms with Crippen molar-refractivity contribution in [3.8, 4) is 0 Å². The van der Waals surface area contributed by atoms with Gasteiger partial charge in [0.15, 0.2) is 0 Å². The summed E-state index contributed by atoms with van der Waals surface area (Å²) in [5, 5.41) is 3.64. The summed E-state index contributed by atoms with van der Waals surface area (Å²) in [5.41, 5.74) is 0. The molecule has 2 unspecified atom stereocenters. The fraction of sp³-hybridized carbons (Fsp3) is 0.688. The van der Waals surface area contributed by atoms with Gasteiger partial charge in [-0.15, -0.1) is 0 Å². The normalized spacial score (nSPS) is 30.3. The van der Waals surface area contributed by atoms with E-state index in [-0.39, 0.29) is 5.91 Å². The highest BCUT2D eigenvalue weighted by molar-refractivity contribution is 5.88. The highest BCUT2D eigenvalue weighted by Gasteiger charge is 2.36. The summed E-state index contributed by atoms with van der Waals surface area (Å²) < 4.78 is 0. The van der Waals surface area contributed by atoms with E-state index < -0.39 is 0 Å². The number of fused-ring (bicyclic) bond motifs is 2. The molecular weight excluding hydrogens is 236 g/mol. The Balaban J connectivity index is 2.00. The second-order valence-electron chi connectivity index (χ2n) is 5.68. The Morgan fingerprint density at radius 2 is 1.95 bits per heavy atom. The van der Waals surface area contributed by atoms with Gasteiger partial charge in [0.05, 0.1) is 0 Å². The fourth-order valence-corrected chi connectivity index (χ4v) is 3.34. The summed E-state index contributed by atoms with van der Waals surface area (Å²) >= 11 is 0. The molecule has 2 bridgehead atoms. The fourth-order valence-electron chi connectivity index (χ4n) is 3.34. The molecule has 2 aliphatic rings. The lowest BCUT2D eigenvalue weighted by Gasteiger charge is -2.37. The van der Waals surface area contributed by atoms with Crippen LogP contribution in [0.3, 0.4) is 0 Å². The smallest absolute Gasteiger partial charge is 0.246 e. The highest BCUT2D eigenvalue weighted by atomic mass is 16.2. The number of nitrogens with one attached hydrogen (secondary N) is 1. The molecule has 2 atom stereocenters.